The number of benzene rings is 2. The molecular formula is C23H24ClN3O2. The molecule has 6 heteroatoms. The second kappa shape index (κ2) is 8.86. The van der Waals surface area contributed by atoms with Gasteiger partial charge in [0.1, 0.15) is 11.8 Å². The number of nitriles is 1. The number of ether oxygens (including phenoxy) is 1. The summed E-state index contributed by atoms with van der Waals surface area (Å²) in [4.78, 5) is 15.0. The Kier molecular flexibility index (Phi) is 6.03. The molecule has 0 spiro atoms. The number of para-hydroxylation sites is 1. The van der Waals surface area contributed by atoms with Crippen LogP contribution in [0.4, 0.5) is 0 Å². The summed E-state index contributed by atoms with van der Waals surface area (Å²) < 4.78 is 5.55. The van der Waals surface area contributed by atoms with Crippen LogP contribution in [0.1, 0.15) is 36.8 Å². The highest BCUT2D eigenvalue weighted by molar-refractivity contribution is 6.30. The van der Waals surface area contributed by atoms with Crippen molar-refractivity contribution in [2.45, 2.75) is 50.4 Å². The second-order valence-electron chi connectivity index (χ2n) is 7.82. The number of halogens is 1. The van der Waals surface area contributed by atoms with Crippen molar-refractivity contribution in [1.29, 1.82) is 5.26 Å². The highest BCUT2D eigenvalue weighted by Gasteiger charge is 2.40. The van der Waals surface area contributed by atoms with E-state index in [1.165, 1.54) is 18.4 Å². The van der Waals surface area contributed by atoms with Gasteiger partial charge in [-0.15, -0.1) is 0 Å². The highest BCUT2D eigenvalue weighted by atomic mass is 35.5. The van der Waals surface area contributed by atoms with Gasteiger partial charge in [-0.25, -0.2) is 0 Å². The molecule has 2 bridgehead atoms. The zero-order chi connectivity index (χ0) is 20.2. The molecule has 0 unspecified atom stereocenters. The quantitative estimate of drug-likeness (QED) is 0.785. The molecule has 5 nitrogen and oxygen atoms in total. The van der Waals surface area contributed by atoms with E-state index in [0.29, 0.717) is 23.4 Å². The number of carbonyl (C=O) groups excluding carboxylic acids is 1. The molecule has 0 aliphatic carbocycles. The number of carbonyl (C=O) groups is 1. The van der Waals surface area contributed by atoms with Crippen LogP contribution in [0.2, 0.25) is 5.02 Å². The molecule has 4 rings (SSSR count). The van der Waals surface area contributed by atoms with Gasteiger partial charge in [-0.1, -0.05) is 35.9 Å². The first-order chi connectivity index (χ1) is 14.1. The smallest absolute Gasteiger partial charge is 0.258 e. The zero-order valence-electron chi connectivity index (χ0n) is 16.2. The lowest BCUT2D eigenvalue weighted by Crippen LogP contribution is -2.50. The number of nitrogens with zero attached hydrogens (tertiary/aromatic N) is 2. The summed E-state index contributed by atoms with van der Waals surface area (Å²) in [6.07, 6.45) is 4.28. The van der Waals surface area contributed by atoms with Crippen molar-refractivity contribution >= 4 is 17.5 Å². The summed E-state index contributed by atoms with van der Waals surface area (Å²) in [6, 6.07) is 18.3. The minimum atomic E-state index is -0.131. The van der Waals surface area contributed by atoms with Gasteiger partial charge in [0.25, 0.3) is 5.91 Å². The van der Waals surface area contributed by atoms with Crippen molar-refractivity contribution in [2.75, 3.05) is 6.61 Å². The summed E-state index contributed by atoms with van der Waals surface area (Å²) in [6.45, 7) is 0.861. The lowest BCUT2D eigenvalue weighted by atomic mass is 9.96. The predicted octanol–water partition coefficient (Wildman–Crippen LogP) is 3.90. The lowest BCUT2D eigenvalue weighted by Gasteiger charge is -2.39. The molecule has 1 amide bonds. The third-order valence-corrected chi connectivity index (χ3v) is 6.15. The predicted molar refractivity (Wildman–Crippen MR) is 112 cm³/mol. The lowest BCUT2D eigenvalue weighted by molar-refractivity contribution is -0.124. The molecule has 2 aliphatic heterocycles. The number of fused-ring (bicyclic) bond motifs is 2. The van der Waals surface area contributed by atoms with Crippen LogP contribution in [0.3, 0.4) is 0 Å². The highest BCUT2D eigenvalue weighted by Crippen LogP contribution is 2.37. The normalized spacial score (nSPS) is 23.4. The Morgan fingerprint density at radius 3 is 2.52 bits per heavy atom. The van der Waals surface area contributed by atoms with E-state index in [0.717, 1.165) is 24.4 Å². The Morgan fingerprint density at radius 2 is 1.83 bits per heavy atom. The maximum atomic E-state index is 12.4. The molecule has 2 aromatic carbocycles. The molecule has 2 saturated heterocycles. The topological polar surface area (TPSA) is 65.4 Å². The van der Waals surface area contributed by atoms with Crippen molar-refractivity contribution in [1.82, 2.24) is 10.2 Å². The van der Waals surface area contributed by atoms with Gasteiger partial charge in [-0.2, -0.15) is 5.26 Å². The number of amides is 1. The monoisotopic (exact) mass is 409 g/mol. The fourth-order valence-electron chi connectivity index (χ4n) is 4.55. The van der Waals surface area contributed by atoms with E-state index < -0.39 is 0 Å². The fourth-order valence-corrected chi connectivity index (χ4v) is 4.67. The first kappa shape index (κ1) is 19.8. The number of rotatable bonds is 6. The number of piperidine rings is 1. The average molecular weight is 410 g/mol. The maximum absolute atomic E-state index is 12.4. The summed E-state index contributed by atoms with van der Waals surface area (Å²) in [5.41, 5.74) is 1.71. The summed E-state index contributed by atoms with van der Waals surface area (Å²) in [5.74, 6) is 0.316. The van der Waals surface area contributed by atoms with E-state index in [1.54, 1.807) is 24.3 Å². The zero-order valence-corrected chi connectivity index (χ0v) is 16.9. The van der Waals surface area contributed by atoms with Crippen LogP contribution >= 0.6 is 11.6 Å². The van der Waals surface area contributed by atoms with Crippen molar-refractivity contribution in [2.24, 2.45) is 0 Å². The van der Waals surface area contributed by atoms with Crippen LogP contribution in [0.15, 0.2) is 48.5 Å². The number of nitrogens with one attached hydrogen (secondary N) is 1. The van der Waals surface area contributed by atoms with Crippen LogP contribution in [-0.4, -0.2) is 35.5 Å². The van der Waals surface area contributed by atoms with Crippen LogP contribution < -0.4 is 10.1 Å². The minimum absolute atomic E-state index is 0.0704. The van der Waals surface area contributed by atoms with Crippen molar-refractivity contribution in [3.8, 4) is 11.8 Å². The third-order valence-electron chi connectivity index (χ3n) is 5.89. The molecule has 2 atom stereocenters. The minimum Gasteiger partial charge on any atom is -0.482 e. The van der Waals surface area contributed by atoms with Gasteiger partial charge in [0.15, 0.2) is 6.61 Å². The molecule has 2 fully saturated rings. The maximum Gasteiger partial charge on any atom is 0.258 e. The summed E-state index contributed by atoms with van der Waals surface area (Å²) >= 11 is 5.99. The average Bonchev–Trinajstić information content (AvgIpc) is 2.96. The molecule has 29 heavy (non-hydrogen) atoms. The van der Waals surface area contributed by atoms with E-state index in [4.69, 9.17) is 21.6 Å². The molecule has 2 aromatic rings. The first-order valence-electron chi connectivity index (χ1n) is 10.0. The molecule has 150 valence electrons. The summed E-state index contributed by atoms with van der Waals surface area (Å²) in [5, 5.41) is 13.0. The Labute approximate surface area is 176 Å². The van der Waals surface area contributed by atoms with Crippen LogP contribution in [0.5, 0.6) is 5.75 Å². The van der Waals surface area contributed by atoms with E-state index in [9.17, 15) is 4.79 Å². The summed E-state index contributed by atoms with van der Waals surface area (Å²) in [7, 11) is 0. The van der Waals surface area contributed by atoms with E-state index >= 15 is 0 Å². The standard InChI is InChI=1S/C23H24ClN3O2/c24-18-7-5-16(6-8-18)14-27-20-9-10-21(27)12-19(11-20)26-23(28)15-29-22-4-2-1-3-17(22)13-25/h1-8,19-21H,9-12,14-15H2,(H,26,28)/t20-,21-/m1/s1. The van der Waals surface area contributed by atoms with Gasteiger partial charge in [0.05, 0.1) is 5.56 Å². The molecule has 2 aliphatic rings. The number of hydrogen-bond donors (Lipinski definition) is 1. The molecule has 1 N–H and O–H groups in total. The van der Waals surface area contributed by atoms with E-state index in [2.05, 4.69) is 28.4 Å². The fraction of sp³-hybridized carbons (Fsp3) is 0.391. The van der Waals surface area contributed by atoms with E-state index in [-0.39, 0.29) is 18.6 Å². The Bertz CT molecular complexity index is 895. The SMILES string of the molecule is N#Cc1ccccc1OCC(=O)NC1C[C@H]2CC[C@H](C1)N2Cc1ccc(Cl)cc1. The molecule has 0 saturated carbocycles. The molecule has 0 aromatic heterocycles. The van der Waals surface area contributed by atoms with Crippen LogP contribution in [0.25, 0.3) is 0 Å². The van der Waals surface area contributed by atoms with Crippen LogP contribution in [-0.2, 0) is 11.3 Å². The van der Waals surface area contributed by atoms with Gasteiger partial charge in [-0.05, 0) is 55.5 Å². The third kappa shape index (κ3) is 4.72. The Hall–Kier alpha value is -2.55. The van der Waals surface area contributed by atoms with Gasteiger partial charge in [-0.3, -0.25) is 9.69 Å². The Balaban J connectivity index is 1.29. The van der Waals surface area contributed by atoms with Gasteiger partial charge < -0.3 is 10.1 Å². The number of hydrogen-bond acceptors (Lipinski definition) is 4. The molecule has 0 radical (unpaired) electrons. The van der Waals surface area contributed by atoms with Gasteiger partial charge in [0.2, 0.25) is 0 Å². The van der Waals surface area contributed by atoms with Gasteiger partial charge in [0, 0.05) is 29.7 Å². The van der Waals surface area contributed by atoms with Crippen molar-refractivity contribution in [3.05, 3.63) is 64.7 Å². The largest absolute Gasteiger partial charge is 0.482 e. The van der Waals surface area contributed by atoms with Crippen molar-refractivity contribution < 1.29 is 9.53 Å². The van der Waals surface area contributed by atoms with Crippen molar-refractivity contribution in [3.63, 3.8) is 0 Å². The molecular weight excluding hydrogens is 386 g/mol. The Morgan fingerprint density at radius 1 is 1.14 bits per heavy atom. The molecule has 2 heterocycles. The van der Waals surface area contributed by atoms with Crippen LogP contribution in [0, 0.1) is 11.3 Å². The van der Waals surface area contributed by atoms with E-state index in [1.807, 2.05) is 12.1 Å². The second-order valence-corrected chi connectivity index (χ2v) is 8.25. The van der Waals surface area contributed by atoms with Gasteiger partial charge >= 0.3 is 0 Å². The first-order valence-corrected chi connectivity index (χ1v) is 10.4.